The van der Waals surface area contributed by atoms with Crippen LogP contribution in [0.25, 0.3) is 6.08 Å². The van der Waals surface area contributed by atoms with Gasteiger partial charge in [0.05, 0.1) is 18.4 Å². The topological polar surface area (TPSA) is 68.0 Å². The van der Waals surface area contributed by atoms with Gasteiger partial charge in [0.2, 0.25) is 5.91 Å². The van der Waals surface area contributed by atoms with Crippen molar-refractivity contribution in [2.24, 2.45) is 0 Å². The van der Waals surface area contributed by atoms with Crippen LogP contribution in [0.4, 0.5) is 4.39 Å². The summed E-state index contributed by atoms with van der Waals surface area (Å²) in [4.78, 5) is 16.7. The second-order valence-electron chi connectivity index (χ2n) is 8.52. The number of aromatic nitrogens is 1. The fourth-order valence-corrected chi connectivity index (χ4v) is 3.44. The van der Waals surface area contributed by atoms with E-state index in [0.29, 0.717) is 37.7 Å². The number of carbonyl (C=O) groups excluding carboxylic acids is 1. The predicted molar refractivity (Wildman–Crippen MR) is 133 cm³/mol. The highest BCUT2D eigenvalue weighted by Gasteiger charge is 2.14. The number of aryl methyl sites for hydroxylation is 2. The van der Waals surface area contributed by atoms with Crippen LogP contribution < -0.4 is 9.47 Å². The Hall–Kier alpha value is -3.65. The molecule has 0 atom stereocenters. The standard InChI is InChI=1S/C27H32FN3O4/c1-19-24(20(2)35-29-19)18-34-25-12-8-21(16-26(25)33-5)9-13-27(32)31(15-14-30(3)4)17-22-6-10-23(28)11-7-22/h6-13,16H,14-15,17-18H2,1-5H3/b13-9+. The number of rotatable bonds is 11. The largest absolute Gasteiger partial charge is 0.493 e. The Bertz CT molecular complexity index is 1140. The van der Waals surface area contributed by atoms with E-state index in [0.717, 1.165) is 28.1 Å². The molecule has 2 aromatic carbocycles. The SMILES string of the molecule is COc1cc(/C=C/C(=O)N(CCN(C)C)Cc2ccc(F)cc2)ccc1OCc1c(C)noc1C. The molecule has 8 heteroatoms. The predicted octanol–water partition coefficient (Wildman–Crippen LogP) is 4.62. The van der Waals surface area contributed by atoms with Crippen molar-refractivity contribution in [1.29, 1.82) is 0 Å². The van der Waals surface area contributed by atoms with Crippen LogP contribution in [0.5, 0.6) is 11.5 Å². The zero-order valence-electron chi connectivity index (χ0n) is 20.9. The molecule has 0 N–H and O–H groups in total. The summed E-state index contributed by atoms with van der Waals surface area (Å²) in [7, 11) is 5.48. The Labute approximate surface area is 205 Å². The molecule has 0 radical (unpaired) electrons. The van der Waals surface area contributed by atoms with E-state index in [4.69, 9.17) is 14.0 Å². The summed E-state index contributed by atoms with van der Waals surface area (Å²) in [5, 5.41) is 3.94. The molecule has 0 fully saturated rings. The number of methoxy groups -OCH3 is 1. The van der Waals surface area contributed by atoms with Gasteiger partial charge in [-0.2, -0.15) is 0 Å². The molecular formula is C27H32FN3O4. The zero-order chi connectivity index (χ0) is 25.4. The summed E-state index contributed by atoms with van der Waals surface area (Å²) in [5.74, 6) is 1.43. The van der Waals surface area contributed by atoms with Gasteiger partial charge < -0.3 is 23.8 Å². The van der Waals surface area contributed by atoms with Crippen LogP contribution in [0.1, 0.15) is 28.1 Å². The molecule has 0 aliphatic heterocycles. The number of halogens is 1. The third-order valence-electron chi connectivity index (χ3n) is 5.57. The zero-order valence-corrected chi connectivity index (χ0v) is 20.9. The van der Waals surface area contributed by atoms with Crippen molar-refractivity contribution in [2.75, 3.05) is 34.3 Å². The Morgan fingerprint density at radius 3 is 2.46 bits per heavy atom. The summed E-state index contributed by atoms with van der Waals surface area (Å²) in [5.41, 5.74) is 3.36. The van der Waals surface area contributed by atoms with Gasteiger partial charge in [0.15, 0.2) is 11.5 Å². The van der Waals surface area contributed by atoms with E-state index in [9.17, 15) is 9.18 Å². The third-order valence-corrected chi connectivity index (χ3v) is 5.57. The molecule has 0 saturated carbocycles. The molecule has 1 aromatic heterocycles. The molecule has 186 valence electrons. The van der Waals surface area contributed by atoms with Crippen LogP contribution in [-0.2, 0) is 17.9 Å². The molecule has 1 amide bonds. The quantitative estimate of drug-likeness (QED) is 0.372. The number of nitrogens with zero attached hydrogens (tertiary/aromatic N) is 3. The lowest BCUT2D eigenvalue weighted by Gasteiger charge is -2.23. The van der Waals surface area contributed by atoms with Gasteiger partial charge in [0.1, 0.15) is 18.2 Å². The van der Waals surface area contributed by atoms with Crippen LogP contribution in [0.15, 0.2) is 53.1 Å². The van der Waals surface area contributed by atoms with Gasteiger partial charge in [-0.25, -0.2) is 4.39 Å². The number of ether oxygens (including phenoxy) is 2. The summed E-state index contributed by atoms with van der Waals surface area (Å²) >= 11 is 0. The molecule has 0 aliphatic rings. The van der Waals surface area contributed by atoms with Gasteiger partial charge in [0, 0.05) is 25.7 Å². The first-order valence-corrected chi connectivity index (χ1v) is 11.4. The second-order valence-corrected chi connectivity index (χ2v) is 8.52. The highest BCUT2D eigenvalue weighted by molar-refractivity contribution is 5.91. The van der Waals surface area contributed by atoms with E-state index >= 15 is 0 Å². The molecule has 0 saturated heterocycles. The second kappa shape index (κ2) is 12.2. The minimum atomic E-state index is -0.298. The van der Waals surface area contributed by atoms with E-state index in [1.807, 2.05) is 51.0 Å². The first-order valence-electron chi connectivity index (χ1n) is 11.4. The Morgan fingerprint density at radius 2 is 1.83 bits per heavy atom. The minimum Gasteiger partial charge on any atom is -0.493 e. The normalized spacial score (nSPS) is 11.3. The Morgan fingerprint density at radius 1 is 1.09 bits per heavy atom. The highest BCUT2D eigenvalue weighted by atomic mass is 19.1. The van der Waals surface area contributed by atoms with E-state index in [1.54, 1.807) is 36.3 Å². The lowest BCUT2D eigenvalue weighted by Crippen LogP contribution is -2.35. The summed E-state index contributed by atoms with van der Waals surface area (Å²) in [6.07, 6.45) is 3.29. The minimum absolute atomic E-state index is 0.131. The molecule has 3 aromatic rings. The van der Waals surface area contributed by atoms with Crippen LogP contribution in [-0.4, -0.2) is 55.2 Å². The molecule has 7 nitrogen and oxygen atoms in total. The van der Waals surface area contributed by atoms with Crippen LogP contribution in [0, 0.1) is 19.7 Å². The number of hydrogen-bond acceptors (Lipinski definition) is 6. The number of amides is 1. The van der Waals surface area contributed by atoms with Crippen LogP contribution in [0.3, 0.4) is 0 Å². The van der Waals surface area contributed by atoms with E-state index in [2.05, 4.69) is 5.16 Å². The number of benzene rings is 2. The lowest BCUT2D eigenvalue weighted by atomic mass is 10.1. The third kappa shape index (κ3) is 7.42. The molecule has 0 unspecified atom stereocenters. The van der Waals surface area contributed by atoms with Crippen molar-refractivity contribution >= 4 is 12.0 Å². The summed E-state index contributed by atoms with van der Waals surface area (Å²) < 4.78 is 29.9. The number of hydrogen-bond donors (Lipinski definition) is 0. The summed E-state index contributed by atoms with van der Waals surface area (Å²) in [6.45, 7) is 5.69. The fraction of sp³-hybridized carbons (Fsp3) is 0.333. The van der Waals surface area contributed by atoms with Crippen molar-refractivity contribution in [2.45, 2.75) is 27.0 Å². The molecule has 1 heterocycles. The van der Waals surface area contributed by atoms with Gasteiger partial charge >= 0.3 is 0 Å². The van der Waals surface area contributed by atoms with Crippen molar-refractivity contribution < 1.29 is 23.2 Å². The molecular weight excluding hydrogens is 449 g/mol. The van der Waals surface area contributed by atoms with Crippen LogP contribution in [0.2, 0.25) is 0 Å². The Kier molecular flexibility index (Phi) is 9.03. The lowest BCUT2D eigenvalue weighted by molar-refractivity contribution is -0.126. The monoisotopic (exact) mass is 481 g/mol. The molecule has 0 aliphatic carbocycles. The fourth-order valence-electron chi connectivity index (χ4n) is 3.44. The average molecular weight is 482 g/mol. The van der Waals surface area contributed by atoms with Crippen molar-refractivity contribution in [1.82, 2.24) is 15.0 Å². The highest BCUT2D eigenvalue weighted by Crippen LogP contribution is 2.30. The maximum atomic E-state index is 13.3. The number of carbonyl (C=O) groups is 1. The van der Waals surface area contributed by atoms with E-state index in [-0.39, 0.29) is 11.7 Å². The van der Waals surface area contributed by atoms with E-state index in [1.165, 1.54) is 12.1 Å². The first kappa shape index (κ1) is 26.0. The van der Waals surface area contributed by atoms with Gasteiger partial charge in [-0.3, -0.25) is 4.79 Å². The van der Waals surface area contributed by atoms with Crippen molar-refractivity contribution in [3.05, 3.63) is 82.5 Å². The van der Waals surface area contributed by atoms with Gasteiger partial charge in [-0.05, 0) is 69.4 Å². The van der Waals surface area contributed by atoms with Gasteiger partial charge in [-0.15, -0.1) is 0 Å². The smallest absolute Gasteiger partial charge is 0.246 e. The van der Waals surface area contributed by atoms with Gasteiger partial charge in [0.25, 0.3) is 0 Å². The maximum Gasteiger partial charge on any atom is 0.246 e. The maximum absolute atomic E-state index is 13.3. The first-order chi connectivity index (χ1) is 16.8. The average Bonchev–Trinajstić information content (AvgIpc) is 3.17. The van der Waals surface area contributed by atoms with E-state index < -0.39 is 0 Å². The molecule has 0 bridgehead atoms. The molecule has 0 spiro atoms. The van der Waals surface area contributed by atoms with Crippen molar-refractivity contribution in [3.63, 3.8) is 0 Å². The van der Waals surface area contributed by atoms with Crippen molar-refractivity contribution in [3.8, 4) is 11.5 Å². The molecule has 3 rings (SSSR count). The van der Waals surface area contributed by atoms with Gasteiger partial charge in [-0.1, -0.05) is 23.4 Å². The van der Waals surface area contributed by atoms with Crippen LogP contribution >= 0.6 is 0 Å². The Balaban J connectivity index is 1.70. The summed E-state index contributed by atoms with van der Waals surface area (Å²) in [6, 6.07) is 11.7. The number of likely N-dealkylation sites (N-methyl/N-ethyl adjacent to an activating group) is 1. The molecule has 35 heavy (non-hydrogen) atoms.